The lowest BCUT2D eigenvalue weighted by atomic mass is 10.0. The minimum absolute atomic E-state index is 0.0675. The maximum Gasteiger partial charge on any atom is 0.306 e. The summed E-state index contributed by atoms with van der Waals surface area (Å²) in [6.07, 6.45) is 76.5. The summed E-state index contributed by atoms with van der Waals surface area (Å²) in [7, 11) is 0. The number of esters is 3. The second-order valence-electron chi connectivity index (χ2n) is 22.7. The Bertz CT molecular complexity index is 1190. The van der Waals surface area contributed by atoms with Gasteiger partial charge < -0.3 is 14.2 Å². The van der Waals surface area contributed by atoms with Gasteiger partial charge in [-0.15, -0.1) is 0 Å². The number of carbonyl (C=O) groups excluding carboxylic acids is 3. The van der Waals surface area contributed by atoms with Crippen LogP contribution in [0.5, 0.6) is 0 Å². The van der Waals surface area contributed by atoms with E-state index in [2.05, 4.69) is 45.1 Å². The average Bonchev–Trinajstić information content (AvgIpc) is 3.40. The van der Waals surface area contributed by atoms with Crippen molar-refractivity contribution in [3.8, 4) is 0 Å². The molecule has 0 aromatic carbocycles. The monoisotopic (exact) mass is 1040 g/mol. The van der Waals surface area contributed by atoms with Crippen molar-refractivity contribution in [1.82, 2.24) is 0 Å². The first kappa shape index (κ1) is 71.9. The van der Waals surface area contributed by atoms with Crippen molar-refractivity contribution in [2.24, 2.45) is 0 Å². The van der Waals surface area contributed by atoms with Crippen LogP contribution in [-0.4, -0.2) is 37.2 Å². The number of unbranched alkanes of at least 4 members (excludes halogenated alkanes) is 47. The number of ether oxygens (including phenoxy) is 3. The molecular weight excluding hydrogens is 913 g/mol. The Morgan fingerprint density at radius 1 is 0.270 bits per heavy atom. The van der Waals surface area contributed by atoms with Gasteiger partial charge >= 0.3 is 17.9 Å². The summed E-state index contributed by atoms with van der Waals surface area (Å²) in [4.78, 5) is 38.1. The molecule has 0 heterocycles. The van der Waals surface area contributed by atoms with Crippen LogP contribution >= 0.6 is 0 Å². The molecule has 0 aliphatic carbocycles. The molecule has 74 heavy (non-hydrogen) atoms. The first-order chi connectivity index (χ1) is 36.5. The lowest BCUT2D eigenvalue weighted by molar-refractivity contribution is -0.167. The van der Waals surface area contributed by atoms with Gasteiger partial charge in [0.05, 0.1) is 0 Å². The molecule has 0 spiro atoms. The van der Waals surface area contributed by atoms with Gasteiger partial charge in [0.25, 0.3) is 0 Å². The fourth-order valence-electron chi connectivity index (χ4n) is 10.2. The molecule has 0 amide bonds. The van der Waals surface area contributed by atoms with Gasteiger partial charge in [-0.2, -0.15) is 0 Å². The minimum Gasteiger partial charge on any atom is -0.462 e. The summed E-state index contributed by atoms with van der Waals surface area (Å²) in [6.45, 7) is 6.65. The van der Waals surface area contributed by atoms with Crippen LogP contribution in [0, 0.1) is 0 Å². The van der Waals surface area contributed by atoms with E-state index in [0.717, 1.165) is 64.2 Å². The van der Waals surface area contributed by atoms with Crippen molar-refractivity contribution in [1.29, 1.82) is 0 Å². The quantitative estimate of drug-likeness (QED) is 0.0261. The second-order valence-corrected chi connectivity index (χ2v) is 22.7. The number of hydrogen-bond acceptors (Lipinski definition) is 6. The molecule has 0 fully saturated rings. The van der Waals surface area contributed by atoms with Gasteiger partial charge in [0.15, 0.2) is 6.10 Å². The third kappa shape index (κ3) is 60.8. The van der Waals surface area contributed by atoms with Crippen molar-refractivity contribution in [3.63, 3.8) is 0 Å². The standard InChI is InChI=1S/C68H128O6/c1-4-7-10-13-16-19-21-23-25-27-29-30-31-32-33-34-35-36-37-38-40-41-43-45-47-49-52-55-58-61-67(70)73-64-65(63-72-66(69)60-57-54-51-18-15-12-9-6-3)74-68(71)62-59-56-53-50-48-46-44-42-39-28-26-24-22-20-17-14-11-8-5-2/h17,20,24,26,65H,4-16,18-19,21-23,25,27-64H2,1-3H3/b20-17-,26-24-. The summed E-state index contributed by atoms with van der Waals surface area (Å²) < 4.78 is 16.9. The van der Waals surface area contributed by atoms with E-state index in [1.165, 1.54) is 270 Å². The van der Waals surface area contributed by atoms with Crippen LogP contribution in [0.2, 0.25) is 0 Å². The molecule has 1 unspecified atom stereocenters. The van der Waals surface area contributed by atoms with Crippen molar-refractivity contribution >= 4 is 17.9 Å². The SMILES string of the molecule is CCCCC/C=C\C/C=C\CCCCCCCCCCCC(=O)OC(COC(=O)CCCCCCCCCC)COC(=O)CCCCCCCCCCCCCCCCCCCCCCCCCCCCCCC. The predicted molar refractivity (Wildman–Crippen MR) is 321 cm³/mol. The molecule has 0 saturated carbocycles. The molecule has 0 rings (SSSR count). The Kier molecular flexibility index (Phi) is 61.6. The molecule has 0 aliphatic heterocycles. The van der Waals surface area contributed by atoms with Crippen LogP contribution in [0.25, 0.3) is 0 Å². The van der Waals surface area contributed by atoms with E-state index < -0.39 is 6.10 Å². The first-order valence-corrected chi connectivity index (χ1v) is 33.3. The summed E-state index contributed by atoms with van der Waals surface area (Å²) in [5, 5.41) is 0. The molecule has 6 heteroatoms. The number of carbonyl (C=O) groups is 3. The maximum absolute atomic E-state index is 12.9. The lowest BCUT2D eigenvalue weighted by Gasteiger charge is -2.18. The summed E-state index contributed by atoms with van der Waals surface area (Å²) in [6, 6.07) is 0. The van der Waals surface area contributed by atoms with E-state index in [4.69, 9.17) is 14.2 Å². The molecule has 0 radical (unpaired) electrons. The highest BCUT2D eigenvalue weighted by Gasteiger charge is 2.19. The summed E-state index contributed by atoms with van der Waals surface area (Å²) >= 11 is 0. The zero-order chi connectivity index (χ0) is 53.6. The summed E-state index contributed by atoms with van der Waals surface area (Å²) in [5.41, 5.74) is 0. The second kappa shape index (κ2) is 63.4. The third-order valence-electron chi connectivity index (χ3n) is 15.2. The largest absolute Gasteiger partial charge is 0.462 e. The van der Waals surface area contributed by atoms with Crippen molar-refractivity contribution < 1.29 is 28.6 Å². The number of rotatable bonds is 62. The topological polar surface area (TPSA) is 78.9 Å². The van der Waals surface area contributed by atoms with Crippen LogP contribution in [0.1, 0.15) is 374 Å². The van der Waals surface area contributed by atoms with Gasteiger partial charge in [0, 0.05) is 19.3 Å². The van der Waals surface area contributed by atoms with Gasteiger partial charge in [-0.1, -0.05) is 328 Å². The first-order valence-electron chi connectivity index (χ1n) is 33.3. The van der Waals surface area contributed by atoms with Crippen molar-refractivity contribution in [2.45, 2.75) is 380 Å². The van der Waals surface area contributed by atoms with E-state index in [1.54, 1.807) is 0 Å². The predicted octanol–water partition coefficient (Wildman–Crippen LogP) is 22.6. The number of hydrogen-bond donors (Lipinski definition) is 0. The van der Waals surface area contributed by atoms with Gasteiger partial charge in [0.2, 0.25) is 0 Å². The van der Waals surface area contributed by atoms with E-state index in [9.17, 15) is 14.4 Å². The minimum atomic E-state index is -0.768. The lowest BCUT2D eigenvalue weighted by Crippen LogP contribution is -2.30. The van der Waals surface area contributed by atoms with Crippen LogP contribution in [-0.2, 0) is 28.6 Å². The van der Waals surface area contributed by atoms with Crippen molar-refractivity contribution in [3.05, 3.63) is 24.3 Å². The van der Waals surface area contributed by atoms with Gasteiger partial charge in [-0.3, -0.25) is 14.4 Å². The van der Waals surface area contributed by atoms with E-state index in [1.807, 2.05) is 0 Å². The van der Waals surface area contributed by atoms with Crippen LogP contribution in [0.15, 0.2) is 24.3 Å². The van der Waals surface area contributed by atoms with Gasteiger partial charge in [-0.05, 0) is 51.4 Å². The third-order valence-corrected chi connectivity index (χ3v) is 15.2. The molecule has 0 bridgehead atoms. The molecule has 0 aliphatic rings. The average molecular weight is 1040 g/mol. The van der Waals surface area contributed by atoms with E-state index in [0.29, 0.717) is 19.3 Å². The van der Waals surface area contributed by atoms with Crippen LogP contribution in [0.4, 0.5) is 0 Å². The van der Waals surface area contributed by atoms with Gasteiger partial charge in [0.1, 0.15) is 13.2 Å². The molecule has 436 valence electrons. The van der Waals surface area contributed by atoms with Gasteiger partial charge in [-0.25, -0.2) is 0 Å². The van der Waals surface area contributed by atoms with Crippen LogP contribution < -0.4 is 0 Å². The Morgan fingerprint density at radius 3 is 0.770 bits per heavy atom. The Labute approximate surface area is 462 Å². The normalized spacial score (nSPS) is 12.1. The fraction of sp³-hybridized carbons (Fsp3) is 0.897. The Hall–Kier alpha value is -2.11. The molecule has 0 aromatic heterocycles. The highest BCUT2D eigenvalue weighted by atomic mass is 16.6. The molecule has 0 saturated heterocycles. The summed E-state index contributed by atoms with van der Waals surface area (Å²) in [5.74, 6) is -0.851. The van der Waals surface area contributed by atoms with Crippen LogP contribution in [0.3, 0.4) is 0 Å². The molecule has 1 atom stereocenters. The maximum atomic E-state index is 12.9. The highest BCUT2D eigenvalue weighted by molar-refractivity contribution is 5.71. The molecule has 0 aromatic rings. The van der Waals surface area contributed by atoms with E-state index in [-0.39, 0.29) is 31.1 Å². The Balaban J connectivity index is 4.04. The van der Waals surface area contributed by atoms with E-state index >= 15 is 0 Å². The fourth-order valence-corrected chi connectivity index (χ4v) is 10.2. The molecule has 6 nitrogen and oxygen atoms in total. The molecule has 0 N–H and O–H groups in total. The van der Waals surface area contributed by atoms with Crippen molar-refractivity contribution in [2.75, 3.05) is 13.2 Å². The highest BCUT2D eigenvalue weighted by Crippen LogP contribution is 2.18. The zero-order valence-electron chi connectivity index (χ0n) is 50.1. The molecular formula is C68H128O6. The number of allylic oxidation sites excluding steroid dienone is 4. The zero-order valence-corrected chi connectivity index (χ0v) is 50.1. The smallest absolute Gasteiger partial charge is 0.306 e. The Morgan fingerprint density at radius 2 is 0.486 bits per heavy atom.